The first-order chi connectivity index (χ1) is 14.3. The van der Waals surface area contributed by atoms with E-state index in [4.69, 9.17) is 0 Å². The molecule has 9 nitrogen and oxygen atoms in total. The van der Waals surface area contributed by atoms with Crippen LogP contribution >= 0.6 is 0 Å². The minimum Gasteiger partial charge on any atom is -0.480 e. The van der Waals surface area contributed by atoms with Gasteiger partial charge in [-0.05, 0) is 62.9 Å². The third kappa shape index (κ3) is 5.35. The monoisotopic (exact) mass is 415 g/mol. The van der Waals surface area contributed by atoms with Crippen LogP contribution in [-0.4, -0.2) is 50.5 Å². The third-order valence-corrected chi connectivity index (χ3v) is 5.52. The molecule has 162 valence electrons. The van der Waals surface area contributed by atoms with Gasteiger partial charge >= 0.3 is 11.7 Å². The molecule has 1 unspecified atom stereocenters. The van der Waals surface area contributed by atoms with E-state index in [0.29, 0.717) is 24.0 Å². The van der Waals surface area contributed by atoms with Gasteiger partial charge in [0.05, 0.1) is 5.69 Å². The molecule has 0 aliphatic carbocycles. The molecule has 0 saturated carbocycles. The lowest BCUT2D eigenvalue weighted by Crippen LogP contribution is -2.41. The number of aliphatic carboxylic acids is 1. The van der Waals surface area contributed by atoms with Gasteiger partial charge in [-0.15, -0.1) is 0 Å². The maximum Gasteiger partial charge on any atom is 0.350 e. The summed E-state index contributed by atoms with van der Waals surface area (Å²) in [4.78, 5) is 35.4. The maximum absolute atomic E-state index is 12.9. The fourth-order valence-electron chi connectivity index (χ4n) is 3.90. The summed E-state index contributed by atoms with van der Waals surface area (Å²) in [5, 5.41) is 19.5. The van der Waals surface area contributed by atoms with Gasteiger partial charge in [0.25, 0.3) is 0 Å². The summed E-state index contributed by atoms with van der Waals surface area (Å²) in [5.41, 5.74) is 1.26. The first kappa shape index (κ1) is 21.8. The van der Waals surface area contributed by atoms with Crippen molar-refractivity contribution < 1.29 is 14.7 Å². The second kappa shape index (κ2) is 9.71. The van der Waals surface area contributed by atoms with Crippen molar-refractivity contribution in [2.45, 2.75) is 52.1 Å². The van der Waals surface area contributed by atoms with E-state index in [2.05, 4.69) is 15.7 Å². The number of hydrogen-bond donors (Lipinski definition) is 3. The smallest absolute Gasteiger partial charge is 0.350 e. The Bertz CT molecular complexity index is 941. The molecule has 9 heteroatoms. The molecule has 1 aromatic carbocycles. The minimum atomic E-state index is -1.09. The molecule has 1 fully saturated rings. The van der Waals surface area contributed by atoms with E-state index in [0.717, 1.165) is 37.9 Å². The number of piperidine rings is 1. The summed E-state index contributed by atoms with van der Waals surface area (Å²) in [7, 11) is 0. The number of carbonyl (C=O) groups excluding carboxylic acids is 1. The van der Waals surface area contributed by atoms with Gasteiger partial charge in [-0.1, -0.05) is 12.1 Å². The Morgan fingerprint density at radius 1 is 1.27 bits per heavy atom. The number of carboxylic acids is 1. The van der Waals surface area contributed by atoms with E-state index in [1.54, 1.807) is 35.8 Å². The molecule has 1 atom stereocenters. The van der Waals surface area contributed by atoms with Gasteiger partial charge in [-0.2, -0.15) is 5.10 Å². The van der Waals surface area contributed by atoms with Crippen LogP contribution in [0.4, 0.5) is 0 Å². The Morgan fingerprint density at radius 2 is 1.93 bits per heavy atom. The lowest BCUT2D eigenvalue weighted by atomic mass is 9.95. The molecule has 1 aromatic heterocycles. The predicted molar refractivity (Wildman–Crippen MR) is 112 cm³/mol. The van der Waals surface area contributed by atoms with Crippen molar-refractivity contribution in [1.29, 1.82) is 0 Å². The first-order valence-corrected chi connectivity index (χ1v) is 10.3. The number of benzene rings is 1. The highest BCUT2D eigenvalue weighted by Gasteiger charge is 2.19. The highest BCUT2D eigenvalue weighted by atomic mass is 16.4. The zero-order chi connectivity index (χ0) is 21.7. The molecule has 3 N–H and O–H groups in total. The second-order valence-corrected chi connectivity index (χ2v) is 7.83. The van der Waals surface area contributed by atoms with Gasteiger partial charge in [-0.25, -0.2) is 18.8 Å². The third-order valence-electron chi connectivity index (χ3n) is 5.52. The fraction of sp³-hybridized carbons (Fsp3) is 0.524. The SMILES string of the molecule is CC(=O)NC(Cc1ccc(-n2c(C)nn(CCC3CCNCC3)c2=O)cc1)C(=O)O. The molecule has 30 heavy (non-hydrogen) atoms. The molecule has 0 spiro atoms. The number of nitrogens with zero attached hydrogens (tertiary/aromatic N) is 3. The Labute approximate surface area is 175 Å². The topological polar surface area (TPSA) is 118 Å². The molecular weight excluding hydrogens is 386 g/mol. The number of amides is 1. The van der Waals surface area contributed by atoms with Crippen molar-refractivity contribution >= 4 is 11.9 Å². The van der Waals surface area contributed by atoms with Crippen molar-refractivity contribution in [1.82, 2.24) is 25.0 Å². The molecule has 0 radical (unpaired) electrons. The molecule has 2 heterocycles. The van der Waals surface area contributed by atoms with Gasteiger partial charge in [-0.3, -0.25) is 4.79 Å². The number of carbonyl (C=O) groups is 2. The van der Waals surface area contributed by atoms with Gasteiger partial charge in [0.15, 0.2) is 0 Å². The number of rotatable bonds is 8. The normalized spacial score (nSPS) is 15.7. The van der Waals surface area contributed by atoms with Crippen molar-refractivity contribution in [3.05, 3.63) is 46.1 Å². The Kier molecular flexibility index (Phi) is 7.04. The van der Waals surface area contributed by atoms with Crippen LogP contribution in [0, 0.1) is 12.8 Å². The van der Waals surface area contributed by atoms with Crippen LogP contribution in [0.15, 0.2) is 29.1 Å². The lowest BCUT2D eigenvalue weighted by molar-refractivity contribution is -0.141. The summed E-state index contributed by atoms with van der Waals surface area (Å²) in [6.07, 6.45) is 3.37. The zero-order valence-electron chi connectivity index (χ0n) is 17.4. The van der Waals surface area contributed by atoms with E-state index >= 15 is 0 Å². The summed E-state index contributed by atoms with van der Waals surface area (Å²) >= 11 is 0. The highest BCUT2D eigenvalue weighted by Crippen LogP contribution is 2.17. The van der Waals surface area contributed by atoms with Crippen molar-refractivity contribution in [3.63, 3.8) is 0 Å². The Balaban J connectivity index is 1.71. The van der Waals surface area contributed by atoms with Crippen molar-refractivity contribution in [2.75, 3.05) is 13.1 Å². The van der Waals surface area contributed by atoms with Crippen LogP contribution in [0.3, 0.4) is 0 Å². The van der Waals surface area contributed by atoms with Gasteiger partial charge in [0.2, 0.25) is 5.91 Å². The largest absolute Gasteiger partial charge is 0.480 e. The summed E-state index contributed by atoms with van der Waals surface area (Å²) in [6.45, 7) is 5.76. The van der Waals surface area contributed by atoms with Crippen molar-refractivity contribution in [3.8, 4) is 5.69 Å². The standard InChI is InChI=1S/C21H29N5O4/c1-14-24-25(12-9-16-7-10-22-11-8-16)21(30)26(14)18-5-3-17(4-6-18)13-19(20(28)29)23-15(2)27/h3-6,16,19,22H,7-13H2,1-2H3,(H,23,27)(H,28,29). The van der Waals surface area contributed by atoms with E-state index in [1.807, 2.05) is 0 Å². The van der Waals surface area contributed by atoms with Crippen LogP contribution in [-0.2, 0) is 22.6 Å². The first-order valence-electron chi connectivity index (χ1n) is 10.3. The molecular formula is C21H29N5O4. The van der Waals surface area contributed by atoms with Crippen LogP contribution < -0.4 is 16.3 Å². The maximum atomic E-state index is 12.9. The quantitative estimate of drug-likeness (QED) is 0.589. The summed E-state index contributed by atoms with van der Waals surface area (Å²) in [5.74, 6) is -0.247. The van der Waals surface area contributed by atoms with Crippen LogP contribution in [0.5, 0.6) is 0 Å². The minimum absolute atomic E-state index is 0.165. The van der Waals surface area contributed by atoms with Crippen LogP contribution in [0.25, 0.3) is 5.69 Å². The Hall–Kier alpha value is -2.94. The van der Waals surface area contributed by atoms with Gasteiger partial charge in [0, 0.05) is 19.9 Å². The average Bonchev–Trinajstić information content (AvgIpc) is 3.00. The van der Waals surface area contributed by atoms with Crippen LogP contribution in [0.1, 0.15) is 37.6 Å². The van der Waals surface area contributed by atoms with E-state index in [1.165, 1.54) is 11.6 Å². The van der Waals surface area contributed by atoms with E-state index < -0.39 is 17.9 Å². The lowest BCUT2D eigenvalue weighted by Gasteiger charge is -2.22. The van der Waals surface area contributed by atoms with Gasteiger partial charge < -0.3 is 15.7 Å². The fourth-order valence-corrected chi connectivity index (χ4v) is 3.90. The molecule has 2 aromatic rings. The number of hydrogen-bond acceptors (Lipinski definition) is 5. The molecule has 0 bridgehead atoms. The number of carboxylic acid groups (broad SMARTS) is 1. The van der Waals surface area contributed by atoms with E-state index in [-0.39, 0.29) is 12.1 Å². The highest BCUT2D eigenvalue weighted by molar-refractivity contribution is 5.82. The molecule has 1 amide bonds. The summed E-state index contributed by atoms with van der Waals surface area (Å²) in [6, 6.07) is 6.09. The zero-order valence-corrected chi connectivity index (χ0v) is 17.4. The van der Waals surface area contributed by atoms with Crippen LogP contribution in [0.2, 0.25) is 0 Å². The van der Waals surface area contributed by atoms with Crippen molar-refractivity contribution in [2.24, 2.45) is 5.92 Å². The van der Waals surface area contributed by atoms with Gasteiger partial charge in [0.1, 0.15) is 11.9 Å². The summed E-state index contributed by atoms with van der Waals surface area (Å²) < 4.78 is 3.09. The second-order valence-electron chi connectivity index (χ2n) is 7.83. The molecule has 3 rings (SSSR count). The number of aryl methyl sites for hydroxylation is 2. The molecule has 1 saturated heterocycles. The van der Waals surface area contributed by atoms with E-state index in [9.17, 15) is 19.5 Å². The predicted octanol–water partition coefficient (Wildman–Crippen LogP) is 0.864. The average molecular weight is 415 g/mol. The number of aromatic nitrogens is 3. The molecule has 1 aliphatic rings. The Morgan fingerprint density at radius 3 is 2.53 bits per heavy atom. The number of nitrogens with one attached hydrogen (secondary N) is 2. The molecule has 1 aliphatic heterocycles.